The highest BCUT2D eigenvalue weighted by Crippen LogP contribution is 2.24. The van der Waals surface area contributed by atoms with Crippen molar-refractivity contribution in [2.24, 2.45) is 0 Å². The van der Waals surface area contributed by atoms with E-state index in [2.05, 4.69) is 5.32 Å². The molecule has 7 heteroatoms. The van der Waals surface area contributed by atoms with Gasteiger partial charge < -0.3 is 10.4 Å². The summed E-state index contributed by atoms with van der Waals surface area (Å²) in [7, 11) is 0. The van der Waals surface area contributed by atoms with Crippen LogP contribution in [0.2, 0.25) is 5.02 Å². The Hall–Kier alpha value is -2.18. The van der Waals surface area contributed by atoms with Crippen LogP contribution in [0.15, 0.2) is 42.5 Å². The largest absolute Gasteiger partial charge is 0.387 e. The number of halogens is 2. The fourth-order valence-corrected chi connectivity index (χ4v) is 2.08. The third-order valence-corrected chi connectivity index (χ3v) is 3.26. The van der Waals surface area contributed by atoms with Crippen LogP contribution in [0.1, 0.15) is 11.7 Å². The first-order valence-electron chi connectivity index (χ1n) is 6.09. The second kappa shape index (κ2) is 6.51. The maximum atomic E-state index is 13.7. The highest BCUT2D eigenvalue weighted by Gasteiger charge is 2.14. The number of anilines is 1. The van der Waals surface area contributed by atoms with Crippen molar-refractivity contribution in [3.63, 3.8) is 0 Å². The summed E-state index contributed by atoms with van der Waals surface area (Å²) in [4.78, 5) is 9.84. The number of aliphatic hydroxyl groups excluding tert-OH is 1. The molecule has 1 unspecified atom stereocenters. The number of nitrogens with zero attached hydrogens (tertiary/aromatic N) is 1. The topological polar surface area (TPSA) is 75.4 Å². The summed E-state index contributed by atoms with van der Waals surface area (Å²) in [6, 6.07) is 10.1. The fraction of sp³-hybridized carbons (Fsp3) is 0.143. The molecule has 21 heavy (non-hydrogen) atoms. The molecule has 2 aromatic carbocycles. The number of nitro groups is 1. The molecule has 0 bridgehead atoms. The standard InChI is InChI=1S/C14H12ClFN2O3/c15-11-4-2-1-3-10(11)14(19)8-17-13-6-5-9(18(20)21)7-12(13)16/h1-7,14,17,19H,8H2. The number of benzene rings is 2. The van der Waals surface area contributed by atoms with Crippen molar-refractivity contribution in [3.8, 4) is 0 Å². The first-order valence-corrected chi connectivity index (χ1v) is 6.47. The summed E-state index contributed by atoms with van der Waals surface area (Å²) >= 11 is 5.95. The summed E-state index contributed by atoms with van der Waals surface area (Å²) in [5.74, 6) is -0.754. The Bertz CT molecular complexity index is 666. The summed E-state index contributed by atoms with van der Waals surface area (Å²) in [6.07, 6.45) is -0.923. The van der Waals surface area contributed by atoms with Crippen LogP contribution in [-0.2, 0) is 0 Å². The number of aliphatic hydroxyl groups is 1. The molecule has 0 saturated heterocycles. The summed E-state index contributed by atoms with van der Waals surface area (Å²) < 4.78 is 13.7. The van der Waals surface area contributed by atoms with Crippen molar-refractivity contribution in [3.05, 3.63) is 69.0 Å². The molecule has 5 nitrogen and oxygen atoms in total. The van der Waals surface area contributed by atoms with Crippen LogP contribution in [0.5, 0.6) is 0 Å². The minimum absolute atomic E-state index is 0.0263. The molecule has 0 saturated carbocycles. The van der Waals surface area contributed by atoms with E-state index in [0.717, 1.165) is 6.07 Å². The summed E-state index contributed by atoms with van der Waals surface area (Å²) in [5, 5.41) is 23.6. The molecular formula is C14H12ClFN2O3. The molecule has 0 aliphatic heterocycles. The summed E-state index contributed by atoms with van der Waals surface area (Å²) in [6.45, 7) is 0.0263. The van der Waals surface area contributed by atoms with E-state index < -0.39 is 16.8 Å². The first-order chi connectivity index (χ1) is 9.99. The van der Waals surface area contributed by atoms with Gasteiger partial charge in [-0.3, -0.25) is 10.1 Å². The molecule has 0 heterocycles. The monoisotopic (exact) mass is 310 g/mol. The van der Waals surface area contributed by atoms with Crippen molar-refractivity contribution < 1.29 is 14.4 Å². The van der Waals surface area contributed by atoms with Gasteiger partial charge in [0, 0.05) is 23.2 Å². The van der Waals surface area contributed by atoms with E-state index in [4.69, 9.17) is 11.6 Å². The number of rotatable bonds is 5. The van der Waals surface area contributed by atoms with Crippen LogP contribution >= 0.6 is 11.6 Å². The van der Waals surface area contributed by atoms with E-state index in [0.29, 0.717) is 10.6 Å². The molecule has 0 aromatic heterocycles. The number of hydrogen-bond acceptors (Lipinski definition) is 4. The second-order valence-electron chi connectivity index (χ2n) is 4.34. The number of nitrogens with one attached hydrogen (secondary N) is 1. The minimum Gasteiger partial charge on any atom is -0.387 e. The molecule has 0 amide bonds. The minimum atomic E-state index is -0.923. The van der Waals surface area contributed by atoms with E-state index >= 15 is 0 Å². The maximum absolute atomic E-state index is 13.7. The zero-order valence-corrected chi connectivity index (χ0v) is 11.5. The van der Waals surface area contributed by atoms with Gasteiger partial charge in [-0.2, -0.15) is 0 Å². The van der Waals surface area contributed by atoms with Crippen LogP contribution in [0.3, 0.4) is 0 Å². The SMILES string of the molecule is O=[N+]([O-])c1ccc(NCC(O)c2ccccc2Cl)c(F)c1. The predicted octanol–water partition coefficient (Wildman–Crippen LogP) is 3.53. The van der Waals surface area contributed by atoms with E-state index in [1.165, 1.54) is 12.1 Å². The Morgan fingerprint density at radius 1 is 1.33 bits per heavy atom. The van der Waals surface area contributed by atoms with Gasteiger partial charge in [0.25, 0.3) is 5.69 Å². The van der Waals surface area contributed by atoms with Crippen LogP contribution < -0.4 is 5.32 Å². The van der Waals surface area contributed by atoms with E-state index in [1.54, 1.807) is 24.3 Å². The van der Waals surface area contributed by atoms with Gasteiger partial charge in [-0.1, -0.05) is 29.8 Å². The second-order valence-corrected chi connectivity index (χ2v) is 4.75. The molecule has 0 spiro atoms. The molecule has 1 atom stereocenters. The molecule has 0 aliphatic rings. The zero-order chi connectivity index (χ0) is 15.4. The number of non-ortho nitro benzene ring substituents is 1. The third kappa shape index (κ3) is 3.68. The average Bonchev–Trinajstić information content (AvgIpc) is 2.46. The Labute approximate surface area is 125 Å². The van der Waals surface area contributed by atoms with Crippen LogP contribution in [0.4, 0.5) is 15.8 Å². The number of nitro benzene ring substituents is 1. The third-order valence-electron chi connectivity index (χ3n) is 2.91. The zero-order valence-electron chi connectivity index (χ0n) is 10.8. The van der Waals surface area contributed by atoms with Crippen molar-refractivity contribution in [2.75, 3.05) is 11.9 Å². The Morgan fingerprint density at radius 2 is 2.05 bits per heavy atom. The lowest BCUT2D eigenvalue weighted by Gasteiger charge is -2.14. The van der Waals surface area contributed by atoms with Gasteiger partial charge in [0.1, 0.15) is 0 Å². The van der Waals surface area contributed by atoms with Crippen molar-refractivity contribution >= 4 is 23.0 Å². The Kier molecular flexibility index (Phi) is 4.72. The Balaban J connectivity index is 2.06. The highest BCUT2D eigenvalue weighted by atomic mass is 35.5. The van der Waals surface area contributed by atoms with E-state index in [1.807, 2.05) is 0 Å². The molecule has 0 radical (unpaired) electrons. The lowest BCUT2D eigenvalue weighted by atomic mass is 10.1. The molecule has 2 rings (SSSR count). The normalized spacial score (nSPS) is 12.0. The lowest BCUT2D eigenvalue weighted by molar-refractivity contribution is -0.385. The van der Waals surface area contributed by atoms with Crippen molar-refractivity contribution in [2.45, 2.75) is 6.10 Å². The average molecular weight is 311 g/mol. The lowest BCUT2D eigenvalue weighted by Crippen LogP contribution is -2.13. The molecule has 2 aromatic rings. The van der Waals surface area contributed by atoms with Crippen LogP contribution in [0.25, 0.3) is 0 Å². The van der Waals surface area contributed by atoms with Gasteiger partial charge in [0.2, 0.25) is 0 Å². The summed E-state index contributed by atoms with van der Waals surface area (Å²) in [5.41, 5.74) is 0.269. The van der Waals surface area contributed by atoms with Gasteiger partial charge in [-0.25, -0.2) is 4.39 Å². The van der Waals surface area contributed by atoms with Gasteiger partial charge in [0.05, 0.1) is 22.8 Å². The van der Waals surface area contributed by atoms with Gasteiger partial charge in [-0.05, 0) is 12.1 Å². The van der Waals surface area contributed by atoms with Crippen molar-refractivity contribution in [1.82, 2.24) is 0 Å². The first kappa shape index (κ1) is 15.2. The molecule has 110 valence electrons. The van der Waals surface area contributed by atoms with Gasteiger partial charge in [-0.15, -0.1) is 0 Å². The van der Waals surface area contributed by atoms with E-state index in [9.17, 15) is 19.6 Å². The van der Waals surface area contributed by atoms with Gasteiger partial charge >= 0.3 is 0 Å². The molecule has 2 N–H and O–H groups in total. The molecule has 0 aliphatic carbocycles. The van der Waals surface area contributed by atoms with Crippen LogP contribution in [0, 0.1) is 15.9 Å². The maximum Gasteiger partial charge on any atom is 0.272 e. The van der Waals surface area contributed by atoms with Crippen molar-refractivity contribution in [1.29, 1.82) is 0 Å². The van der Waals surface area contributed by atoms with Crippen LogP contribution in [-0.4, -0.2) is 16.6 Å². The highest BCUT2D eigenvalue weighted by molar-refractivity contribution is 6.31. The predicted molar refractivity (Wildman–Crippen MR) is 78.0 cm³/mol. The quantitative estimate of drug-likeness (QED) is 0.654. The van der Waals surface area contributed by atoms with E-state index in [-0.39, 0.29) is 17.9 Å². The molecular weight excluding hydrogens is 299 g/mol. The molecule has 0 fully saturated rings. The fourth-order valence-electron chi connectivity index (χ4n) is 1.82. The number of hydrogen-bond donors (Lipinski definition) is 2. The van der Waals surface area contributed by atoms with Gasteiger partial charge in [0.15, 0.2) is 5.82 Å². The Morgan fingerprint density at radius 3 is 2.67 bits per heavy atom. The smallest absolute Gasteiger partial charge is 0.272 e.